The van der Waals surface area contributed by atoms with Gasteiger partial charge in [-0.2, -0.15) is 0 Å². The van der Waals surface area contributed by atoms with E-state index in [1.165, 1.54) is 28.9 Å². The SMILES string of the molecule is C=CCOC(=O)C1=C(C)N=c2s/c(=C\c3c(F)cccc3Cl)c(=O)n2C1c1ccccc1. The van der Waals surface area contributed by atoms with Crippen LogP contribution in [0.1, 0.15) is 24.1 Å². The minimum atomic E-state index is -0.733. The lowest BCUT2D eigenvalue weighted by molar-refractivity contribution is -0.138. The lowest BCUT2D eigenvalue weighted by Gasteiger charge is -2.24. The van der Waals surface area contributed by atoms with Gasteiger partial charge in [-0.15, -0.1) is 0 Å². The number of halogens is 2. The monoisotopic (exact) mass is 468 g/mol. The molecule has 0 fully saturated rings. The second kappa shape index (κ2) is 9.06. The summed E-state index contributed by atoms with van der Waals surface area (Å²) in [6.45, 7) is 5.30. The molecule has 4 rings (SSSR count). The first-order valence-corrected chi connectivity index (χ1v) is 10.9. The first-order chi connectivity index (χ1) is 15.4. The number of fused-ring (bicyclic) bond motifs is 1. The van der Waals surface area contributed by atoms with Crippen LogP contribution in [-0.2, 0) is 9.53 Å². The van der Waals surface area contributed by atoms with E-state index in [9.17, 15) is 14.0 Å². The fourth-order valence-corrected chi connectivity index (χ4v) is 4.77. The molecule has 32 heavy (non-hydrogen) atoms. The Bertz CT molecular complexity index is 1400. The van der Waals surface area contributed by atoms with Gasteiger partial charge in [-0.05, 0) is 30.7 Å². The average molecular weight is 469 g/mol. The maximum Gasteiger partial charge on any atom is 0.338 e. The molecule has 5 nitrogen and oxygen atoms in total. The summed E-state index contributed by atoms with van der Waals surface area (Å²) in [4.78, 5) is 31.2. The molecule has 8 heteroatoms. The Hall–Kier alpha value is -3.29. The van der Waals surface area contributed by atoms with Crippen LogP contribution in [-0.4, -0.2) is 17.1 Å². The van der Waals surface area contributed by atoms with E-state index >= 15 is 0 Å². The van der Waals surface area contributed by atoms with Crippen molar-refractivity contribution in [2.75, 3.05) is 6.61 Å². The fraction of sp³-hybridized carbons (Fsp3) is 0.125. The van der Waals surface area contributed by atoms with Gasteiger partial charge in [-0.25, -0.2) is 14.2 Å². The highest BCUT2D eigenvalue weighted by Gasteiger charge is 2.33. The maximum absolute atomic E-state index is 14.3. The number of hydrogen-bond acceptors (Lipinski definition) is 5. The van der Waals surface area contributed by atoms with Crippen molar-refractivity contribution in [3.63, 3.8) is 0 Å². The Morgan fingerprint density at radius 1 is 1.28 bits per heavy atom. The van der Waals surface area contributed by atoms with Crippen LogP contribution in [0.5, 0.6) is 0 Å². The number of benzene rings is 2. The topological polar surface area (TPSA) is 60.7 Å². The van der Waals surface area contributed by atoms with E-state index in [1.807, 2.05) is 30.3 Å². The van der Waals surface area contributed by atoms with Crippen LogP contribution in [0.3, 0.4) is 0 Å². The van der Waals surface area contributed by atoms with Gasteiger partial charge in [0.25, 0.3) is 5.56 Å². The number of thiazole rings is 1. The number of aromatic nitrogens is 1. The normalized spacial score (nSPS) is 15.8. The summed E-state index contributed by atoms with van der Waals surface area (Å²) < 4.78 is 21.3. The number of esters is 1. The van der Waals surface area contributed by atoms with Gasteiger partial charge in [-0.1, -0.05) is 72.0 Å². The van der Waals surface area contributed by atoms with Crippen molar-refractivity contribution in [3.8, 4) is 0 Å². The van der Waals surface area contributed by atoms with Crippen LogP contribution in [0.4, 0.5) is 4.39 Å². The van der Waals surface area contributed by atoms with Gasteiger partial charge < -0.3 is 4.74 Å². The quantitative estimate of drug-likeness (QED) is 0.423. The van der Waals surface area contributed by atoms with Crippen molar-refractivity contribution in [2.45, 2.75) is 13.0 Å². The van der Waals surface area contributed by atoms with E-state index in [4.69, 9.17) is 16.3 Å². The van der Waals surface area contributed by atoms with E-state index in [0.717, 1.165) is 16.9 Å². The van der Waals surface area contributed by atoms with Gasteiger partial charge in [0.05, 0.1) is 26.9 Å². The number of hydrogen-bond donors (Lipinski definition) is 0. The van der Waals surface area contributed by atoms with E-state index in [2.05, 4.69) is 11.6 Å². The Morgan fingerprint density at radius 2 is 2.03 bits per heavy atom. The average Bonchev–Trinajstić information content (AvgIpc) is 3.09. The third-order valence-corrected chi connectivity index (χ3v) is 6.28. The maximum atomic E-state index is 14.3. The Balaban J connectivity index is 1.96. The van der Waals surface area contributed by atoms with Crippen LogP contribution in [0.2, 0.25) is 5.02 Å². The van der Waals surface area contributed by atoms with E-state index < -0.39 is 23.4 Å². The number of carbonyl (C=O) groups excluding carboxylic acids is 1. The van der Waals surface area contributed by atoms with Gasteiger partial charge >= 0.3 is 5.97 Å². The molecular weight excluding hydrogens is 451 g/mol. The minimum Gasteiger partial charge on any atom is -0.458 e. The molecule has 3 aromatic rings. The van der Waals surface area contributed by atoms with Gasteiger partial charge in [0.2, 0.25) is 0 Å². The zero-order chi connectivity index (χ0) is 22.8. The molecule has 2 aromatic carbocycles. The Labute approximate surface area is 192 Å². The summed E-state index contributed by atoms with van der Waals surface area (Å²) >= 11 is 7.25. The van der Waals surface area contributed by atoms with Gasteiger partial charge in [0.15, 0.2) is 4.80 Å². The van der Waals surface area contributed by atoms with Gasteiger partial charge in [-0.3, -0.25) is 9.36 Å². The number of ether oxygens (including phenoxy) is 1. The lowest BCUT2D eigenvalue weighted by atomic mass is 9.96. The molecule has 1 aliphatic heterocycles. The summed E-state index contributed by atoms with van der Waals surface area (Å²) in [5.41, 5.74) is 1.16. The molecule has 0 bridgehead atoms. The molecular formula is C24H18ClFN2O3S. The van der Waals surface area contributed by atoms with Crippen LogP contribution >= 0.6 is 22.9 Å². The molecule has 0 aliphatic carbocycles. The zero-order valence-corrected chi connectivity index (χ0v) is 18.6. The molecule has 1 atom stereocenters. The second-order valence-electron chi connectivity index (χ2n) is 7.01. The molecule has 0 spiro atoms. The van der Waals surface area contributed by atoms with E-state index in [0.29, 0.717) is 10.5 Å². The predicted octanol–water partition coefficient (Wildman–Crippen LogP) is 3.76. The highest BCUT2D eigenvalue weighted by molar-refractivity contribution is 7.07. The summed E-state index contributed by atoms with van der Waals surface area (Å²) in [5, 5.41) is 0.195. The summed E-state index contributed by atoms with van der Waals surface area (Å²) in [6.07, 6.45) is 2.89. The minimum absolute atomic E-state index is 0.0350. The lowest BCUT2D eigenvalue weighted by Crippen LogP contribution is -2.39. The third-order valence-electron chi connectivity index (χ3n) is 4.96. The summed E-state index contributed by atoms with van der Waals surface area (Å²) in [6, 6.07) is 12.7. The molecule has 1 unspecified atom stereocenters. The molecule has 0 saturated heterocycles. The largest absolute Gasteiger partial charge is 0.458 e. The first kappa shape index (κ1) is 21.9. The van der Waals surface area contributed by atoms with Gasteiger partial charge in [0.1, 0.15) is 12.4 Å². The predicted molar refractivity (Wildman–Crippen MR) is 123 cm³/mol. The van der Waals surface area contributed by atoms with Crippen molar-refractivity contribution in [1.82, 2.24) is 4.57 Å². The van der Waals surface area contributed by atoms with Crippen molar-refractivity contribution in [3.05, 3.63) is 114 Å². The number of allylic oxidation sites excluding steroid dienone is 1. The van der Waals surface area contributed by atoms with Crippen LogP contribution in [0, 0.1) is 5.82 Å². The smallest absolute Gasteiger partial charge is 0.338 e. The Kier molecular flexibility index (Phi) is 6.21. The van der Waals surface area contributed by atoms with E-state index in [1.54, 1.807) is 13.0 Å². The van der Waals surface area contributed by atoms with Crippen molar-refractivity contribution in [2.24, 2.45) is 4.99 Å². The summed E-state index contributed by atoms with van der Waals surface area (Å²) in [7, 11) is 0. The number of nitrogens with zero attached hydrogens (tertiary/aromatic N) is 2. The zero-order valence-electron chi connectivity index (χ0n) is 17.0. The van der Waals surface area contributed by atoms with Crippen LogP contribution in [0.25, 0.3) is 6.08 Å². The van der Waals surface area contributed by atoms with Crippen molar-refractivity contribution in [1.29, 1.82) is 0 Å². The summed E-state index contributed by atoms with van der Waals surface area (Å²) in [5.74, 6) is -1.11. The molecule has 0 radical (unpaired) electrons. The molecule has 1 aromatic heterocycles. The highest BCUT2D eigenvalue weighted by atomic mass is 35.5. The molecule has 0 saturated carbocycles. The van der Waals surface area contributed by atoms with E-state index in [-0.39, 0.29) is 27.3 Å². The van der Waals surface area contributed by atoms with Crippen molar-refractivity contribution >= 4 is 35.0 Å². The van der Waals surface area contributed by atoms with Gasteiger partial charge in [0, 0.05) is 5.56 Å². The molecule has 1 aliphatic rings. The standard InChI is InChI=1S/C24H18ClFN2O3S/c1-3-12-31-23(30)20-14(2)27-24-28(21(20)15-8-5-4-6-9-15)22(29)19(32-24)13-16-17(25)10-7-11-18(16)26/h3-11,13,21H,1,12H2,2H3/b19-13-. The molecule has 0 amide bonds. The van der Waals surface area contributed by atoms with Crippen LogP contribution in [0.15, 0.2) is 82.2 Å². The molecule has 0 N–H and O–H groups in total. The Morgan fingerprint density at radius 3 is 2.72 bits per heavy atom. The molecule has 162 valence electrons. The first-order valence-electron chi connectivity index (χ1n) is 9.72. The number of carbonyl (C=O) groups is 1. The van der Waals surface area contributed by atoms with Crippen LogP contribution < -0.4 is 14.9 Å². The second-order valence-corrected chi connectivity index (χ2v) is 8.43. The number of rotatable bonds is 5. The van der Waals surface area contributed by atoms with Crippen molar-refractivity contribution < 1.29 is 13.9 Å². The highest BCUT2D eigenvalue weighted by Crippen LogP contribution is 2.30. The fourth-order valence-electron chi connectivity index (χ4n) is 3.53. The third kappa shape index (κ3) is 3.97. The molecule has 2 heterocycles.